The molecule has 3 aromatic rings. The van der Waals surface area contributed by atoms with E-state index in [0.717, 1.165) is 6.07 Å². The maximum absolute atomic E-state index is 12.9. The van der Waals surface area contributed by atoms with Crippen LogP contribution in [0.3, 0.4) is 0 Å². The van der Waals surface area contributed by atoms with Crippen LogP contribution in [0.2, 0.25) is 0 Å². The van der Waals surface area contributed by atoms with Gasteiger partial charge in [0, 0.05) is 18.5 Å². The zero-order chi connectivity index (χ0) is 18.7. The molecule has 0 aliphatic heterocycles. The van der Waals surface area contributed by atoms with Crippen molar-refractivity contribution in [3.63, 3.8) is 0 Å². The second kappa shape index (κ2) is 7.03. The van der Waals surface area contributed by atoms with Crippen molar-refractivity contribution < 1.29 is 26.9 Å². The lowest BCUT2D eigenvalue weighted by atomic mass is 10.1. The van der Waals surface area contributed by atoms with E-state index in [9.17, 15) is 18.0 Å². The number of furan rings is 1. The molecule has 3 rings (SSSR count). The Morgan fingerprint density at radius 2 is 2.08 bits per heavy atom. The molecule has 0 aliphatic carbocycles. The fourth-order valence-corrected chi connectivity index (χ4v) is 2.31. The average molecular weight is 365 g/mol. The van der Waals surface area contributed by atoms with E-state index in [1.165, 1.54) is 25.3 Å². The zero-order valence-corrected chi connectivity index (χ0v) is 13.6. The molecule has 9 heteroatoms. The van der Waals surface area contributed by atoms with Gasteiger partial charge in [-0.15, -0.1) is 0 Å². The predicted octanol–water partition coefficient (Wildman–Crippen LogP) is 4.23. The maximum Gasteiger partial charge on any atom is 0.416 e. The van der Waals surface area contributed by atoms with Crippen molar-refractivity contribution in [2.45, 2.75) is 25.9 Å². The molecule has 0 spiro atoms. The Balaban J connectivity index is 1.60. The van der Waals surface area contributed by atoms with Crippen molar-refractivity contribution in [2.75, 3.05) is 5.32 Å². The molecule has 0 radical (unpaired) electrons. The minimum absolute atomic E-state index is 0.0188. The van der Waals surface area contributed by atoms with Gasteiger partial charge in [-0.3, -0.25) is 4.79 Å². The molecule has 0 fully saturated rings. The Labute approximate surface area is 146 Å². The van der Waals surface area contributed by atoms with E-state index in [2.05, 4.69) is 15.5 Å². The molecule has 2 heterocycles. The van der Waals surface area contributed by atoms with Gasteiger partial charge in [0.25, 0.3) is 0 Å². The lowest BCUT2D eigenvalue weighted by Crippen LogP contribution is -2.14. The highest BCUT2D eigenvalue weighted by Crippen LogP contribution is 2.33. The smallest absolute Gasteiger partial charge is 0.416 e. The SMILES string of the molecule is Cc1ccc(NC(=O)CCc2nc(-c3ccco3)no2)cc1C(F)(F)F. The average Bonchev–Trinajstić information content (AvgIpc) is 3.25. The van der Waals surface area contributed by atoms with Gasteiger partial charge >= 0.3 is 6.18 Å². The van der Waals surface area contributed by atoms with Crippen molar-refractivity contribution in [3.05, 3.63) is 53.6 Å². The number of carbonyl (C=O) groups excluding carboxylic acids is 1. The molecule has 1 N–H and O–H groups in total. The molecule has 6 nitrogen and oxygen atoms in total. The molecule has 0 bridgehead atoms. The largest absolute Gasteiger partial charge is 0.461 e. The van der Waals surface area contributed by atoms with E-state index >= 15 is 0 Å². The number of aryl methyl sites for hydroxylation is 2. The Morgan fingerprint density at radius 1 is 1.27 bits per heavy atom. The van der Waals surface area contributed by atoms with Crippen molar-refractivity contribution in [3.8, 4) is 11.6 Å². The van der Waals surface area contributed by atoms with Crippen molar-refractivity contribution >= 4 is 11.6 Å². The fraction of sp³-hybridized carbons (Fsp3) is 0.235. The molecule has 0 saturated heterocycles. The van der Waals surface area contributed by atoms with Gasteiger partial charge < -0.3 is 14.3 Å². The molecule has 0 saturated carbocycles. The molecular formula is C17H14F3N3O3. The van der Waals surface area contributed by atoms with Crippen LogP contribution in [0.5, 0.6) is 0 Å². The Bertz CT molecular complexity index is 902. The first-order valence-electron chi connectivity index (χ1n) is 7.67. The monoisotopic (exact) mass is 365 g/mol. The normalized spacial score (nSPS) is 11.5. The Kier molecular flexibility index (Phi) is 4.79. The second-order valence-electron chi connectivity index (χ2n) is 5.56. The van der Waals surface area contributed by atoms with Crippen LogP contribution in [0, 0.1) is 6.92 Å². The van der Waals surface area contributed by atoms with Crippen LogP contribution in [-0.2, 0) is 17.4 Å². The number of benzene rings is 1. The number of amides is 1. The molecule has 0 unspecified atom stereocenters. The predicted molar refractivity (Wildman–Crippen MR) is 85.1 cm³/mol. The molecule has 0 aliphatic rings. The van der Waals surface area contributed by atoms with Gasteiger partial charge in [-0.2, -0.15) is 18.2 Å². The summed E-state index contributed by atoms with van der Waals surface area (Å²) < 4.78 is 48.9. The van der Waals surface area contributed by atoms with E-state index in [1.54, 1.807) is 12.1 Å². The first-order valence-corrected chi connectivity index (χ1v) is 7.67. The minimum atomic E-state index is -4.48. The number of rotatable bonds is 5. The third kappa shape index (κ3) is 4.11. The third-order valence-corrected chi connectivity index (χ3v) is 3.60. The van der Waals surface area contributed by atoms with Gasteiger partial charge in [-0.1, -0.05) is 11.2 Å². The highest BCUT2D eigenvalue weighted by molar-refractivity contribution is 5.90. The zero-order valence-electron chi connectivity index (χ0n) is 13.6. The van der Waals surface area contributed by atoms with Crippen LogP contribution in [0.1, 0.15) is 23.4 Å². The molecule has 1 aromatic carbocycles. The van der Waals surface area contributed by atoms with Gasteiger partial charge in [0.2, 0.25) is 17.6 Å². The van der Waals surface area contributed by atoms with E-state index in [-0.39, 0.29) is 35.8 Å². The Hall–Kier alpha value is -3.10. The van der Waals surface area contributed by atoms with E-state index in [1.807, 2.05) is 0 Å². The quantitative estimate of drug-likeness (QED) is 0.732. The van der Waals surface area contributed by atoms with E-state index in [0.29, 0.717) is 5.76 Å². The summed E-state index contributed by atoms with van der Waals surface area (Å²) in [6.45, 7) is 1.36. The lowest BCUT2D eigenvalue weighted by molar-refractivity contribution is -0.138. The number of hydrogen-bond acceptors (Lipinski definition) is 5. The number of carbonyl (C=O) groups is 1. The summed E-state index contributed by atoms with van der Waals surface area (Å²) in [5.41, 5.74) is -0.614. The van der Waals surface area contributed by atoms with Crippen LogP contribution >= 0.6 is 0 Å². The topological polar surface area (TPSA) is 81.2 Å². The second-order valence-corrected chi connectivity index (χ2v) is 5.56. The van der Waals surface area contributed by atoms with Gasteiger partial charge in [0.05, 0.1) is 11.8 Å². The first-order chi connectivity index (χ1) is 12.3. The van der Waals surface area contributed by atoms with Crippen molar-refractivity contribution in [2.24, 2.45) is 0 Å². The summed E-state index contributed by atoms with van der Waals surface area (Å²) in [6, 6.07) is 6.98. The minimum Gasteiger partial charge on any atom is -0.461 e. The molecule has 136 valence electrons. The van der Waals surface area contributed by atoms with Gasteiger partial charge in [0.1, 0.15) is 0 Å². The van der Waals surface area contributed by atoms with Crippen LogP contribution in [0.15, 0.2) is 45.5 Å². The summed E-state index contributed by atoms with van der Waals surface area (Å²) in [4.78, 5) is 16.1. The molecule has 2 aromatic heterocycles. The fourth-order valence-electron chi connectivity index (χ4n) is 2.31. The molecule has 26 heavy (non-hydrogen) atoms. The molecule has 0 atom stereocenters. The number of hydrogen-bond donors (Lipinski definition) is 1. The third-order valence-electron chi connectivity index (χ3n) is 3.60. The maximum atomic E-state index is 12.9. The number of halogens is 3. The summed E-state index contributed by atoms with van der Waals surface area (Å²) in [6.07, 6.45) is -2.88. The molecule has 1 amide bonds. The van der Waals surface area contributed by atoms with Gasteiger partial charge in [-0.05, 0) is 36.8 Å². The highest BCUT2D eigenvalue weighted by Gasteiger charge is 2.32. The summed E-state index contributed by atoms with van der Waals surface area (Å²) in [5, 5.41) is 6.17. The van der Waals surface area contributed by atoms with Crippen LogP contribution in [0.25, 0.3) is 11.6 Å². The van der Waals surface area contributed by atoms with Crippen molar-refractivity contribution in [1.29, 1.82) is 0 Å². The van der Waals surface area contributed by atoms with Crippen LogP contribution in [0.4, 0.5) is 18.9 Å². The van der Waals surface area contributed by atoms with E-state index in [4.69, 9.17) is 8.94 Å². The lowest BCUT2D eigenvalue weighted by Gasteiger charge is -2.12. The standard InChI is InChI=1S/C17H14F3N3O3/c1-10-4-5-11(9-12(10)17(18,19)20)21-14(24)6-7-15-22-16(23-26-15)13-3-2-8-25-13/h2-5,8-9H,6-7H2,1H3,(H,21,24). The number of aromatic nitrogens is 2. The number of anilines is 1. The van der Waals surface area contributed by atoms with Crippen molar-refractivity contribution in [1.82, 2.24) is 10.1 Å². The molecular weight excluding hydrogens is 351 g/mol. The number of alkyl halides is 3. The Morgan fingerprint density at radius 3 is 2.77 bits per heavy atom. The highest BCUT2D eigenvalue weighted by atomic mass is 19.4. The van der Waals surface area contributed by atoms with E-state index < -0.39 is 17.6 Å². The number of nitrogens with zero attached hydrogens (tertiary/aromatic N) is 2. The van der Waals surface area contributed by atoms with Crippen LogP contribution in [-0.4, -0.2) is 16.0 Å². The number of nitrogens with one attached hydrogen (secondary N) is 1. The first kappa shape index (κ1) is 17.7. The summed E-state index contributed by atoms with van der Waals surface area (Å²) in [5.74, 6) is 0.466. The van der Waals surface area contributed by atoms with Crippen LogP contribution < -0.4 is 5.32 Å². The summed E-state index contributed by atoms with van der Waals surface area (Å²) in [7, 11) is 0. The summed E-state index contributed by atoms with van der Waals surface area (Å²) >= 11 is 0. The van der Waals surface area contributed by atoms with Gasteiger partial charge in [0.15, 0.2) is 5.76 Å². The van der Waals surface area contributed by atoms with Gasteiger partial charge in [-0.25, -0.2) is 0 Å².